The normalized spacial score (nSPS) is 16.1. The summed E-state index contributed by atoms with van der Waals surface area (Å²) in [5.41, 5.74) is 2.76. The average Bonchev–Trinajstić information content (AvgIpc) is 2.76. The molecule has 2 aromatic carbocycles. The van der Waals surface area contributed by atoms with Gasteiger partial charge in [-0.2, -0.15) is 0 Å². The molecule has 0 amide bonds. The van der Waals surface area contributed by atoms with Crippen molar-refractivity contribution in [2.75, 3.05) is 40.3 Å². The first kappa shape index (κ1) is 23.9. The summed E-state index contributed by atoms with van der Waals surface area (Å²) in [5, 5.41) is 6.22. The van der Waals surface area contributed by atoms with Crippen LogP contribution in [0.2, 0.25) is 0 Å². The van der Waals surface area contributed by atoms with Gasteiger partial charge >= 0.3 is 6.36 Å². The second-order valence-corrected chi connectivity index (χ2v) is 7.83. The number of likely N-dealkylation sites (N-methyl/N-ethyl adjacent to an activating group) is 1. The van der Waals surface area contributed by atoms with Crippen LogP contribution in [-0.4, -0.2) is 62.4 Å². The number of nitrogens with zero attached hydrogens (tertiary/aromatic N) is 3. The van der Waals surface area contributed by atoms with Gasteiger partial charge in [-0.25, -0.2) is 0 Å². The molecule has 1 saturated heterocycles. The van der Waals surface area contributed by atoms with E-state index in [1.165, 1.54) is 17.7 Å². The molecule has 32 heavy (non-hydrogen) atoms. The monoisotopic (exact) mass is 449 g/mol. The maximum Gasteiger partial charge on any atom is 0.573 e. The van der Waals surface area contributed by atoms with Gasteiger partial charge in [-0.3, -0.25) is 9.89 Å². The highest BCUT2D eigenvalue weighted by atomic mass is 19.4. The van der Waals surface area contributed by atoms with Crippen molar-refractivity contribution < 1.29 is 17.9 Å². The van der Waals surface area contributed by atoms with Crippen LogP contribution in [0.3, 0.4) is 0 Å². The Morgan fingerprint density at radius 1 is 0.938 bits per heavy atom. The van der Waals surface area contributed by atoms with Crippen molar-refractivity contribution in [3.63, 3.8) is 0 Å². The molecule has 0 saturated carbocycles. The van der Waals surface area contributed by atoms with Crippen LogP contribution >= 0.6 is 0 Å². The lowest BCUT2D eigenvalue weighted by Gasteiger charge is -2.32. The first-order chi connectivity index (χ1) is 15.3. The van der Waals surface area contributed by atoms with Crippen LogP contribution < -0.4 is 15.4 Å². The molecule has 9 heteroatoms. The summed E-state index contributed by atoms with van der Waals surface area (Å²) in [5.74, 6) is 0.271. The lowest BCUT2D eigenvalue weighted by Crippen LogP contribution is -2.43. The quantitative estimate of drug-likeness (QED) is 0.502. The van der Waals surface area contributed by atoms with Gasteiger partial charge in [0.2, 0.25) is 0 Å². The number of para-hydroxylation sites is 1. The molecule has 0 aliphatic carbocycles. The predicted octanol–water partition coefficient (Wildman–Crippen LogP) is 3.20. The van der Waals surface area contributed by atoms with Crippen molar-refractivity contribution in [3.05, 3.63) is 65.2 Å². The first-order valence-electron chi connectivity index (χ1n) is 10.6. The number of rotatable bonds is 7. The highest BCUT2D eigenvalue weighted by molar-refractivity contribution is 5.79. The maximum absolute atomic E-state index is 12.6. The van der Waals surface area contributed by atoms with Crippen LogP contribution in [0.25, 0.3) is 0 Å². The van der Waals surface area contributed by atoms with Gasteiger partial charge in [-0.05, 0) is 24.2 Å². The van der Waals surface area contributed by atoms with E-state index in [0.29, 0.717) is 18.1 Å². The molecule has 174 valence electrons. The minimum atomic E-state index is -4.73. The first-order valence-corrected chi connectivity index (χ1v) is 10.6. The lowest BCUT2D eigenvalue weighted by atomic mass is 10.1. The van der Waals surface area contributed by atoms with E-state index in [-0.39, 0.29) is 12.3 Å². The van der Waals surface area contributed by atoms with Crippen LogP contribution in [0.15, 0.2) is 53.5 Å². The second kappa shape index (κ2) is 11.2. The van der Waals surface area contributed by atoms with Crippen LogP contribution in [0.5, 0.6) is 5.75 Å². The molecule has 6 nitrogen and oxygen atoms in total. The van der Waals surface area contributed by atoms with Crippen molar-refractivity contribution in [1.29, 1.82) is 0 Å². The number of nitrogens with one attached hydrogen (secondary N) is 2. The topological polar surface area (TPSA) is 52.1 Å². The van der Waals surface area contributed by atoms with E-state index >= 15 is 0 Å². The van der Waals surface area contributed by atoms with Gasteiger partial charge in [0.15, 0.2) is 5.96 Å². The fourth-order valence-electron chi connectivity index (χ4n) is 3.49. The van der Waals surface area contributed by atoms with E-state index in [4.69, 9.17) is 0 Å². The zero-order chi connectivity index (χ0) is 23.0. The molecule has 1 aliphatic heterocycles. The molecular formula is C23H30F3N5O. The Morgan fingerprint density at radius 3 is 2.22 bits per heavy atom. The van der Waals surface area contributed by atoms with E-state index in [0.717, 1.165) is 38.3 Å². The van der Waals surface area contributed by atoms with Crippen LogP contribution in [-0.2, 0) is 19.6 Å². The molecule has 2 N–H and O–H groups in total. The summed E-state index contributed by atoms with van der Waals surface area (Å²) in [6.45, 7) is 6.01. The number of benzene rings is 2. The summed E-state index contributed by atoms with van der Waals surface area (Å²) in [6, 6.07) is 14.5. The molecule has 0 radical (unpaired) electrons. The molecule has 0 bridgehead atoms. The highest BCUT2D eigenvalue weighted by Gasteiger charge is 2.31. The number of alkyl halides is 3. The van der Waals surface area contributed by atoms with Gasteiger partial charge in [0.05, 0.1) is 0 Å². The number of guanidine groups is 1. The molecule has 3 rings (SSSR count). The predicted molar refractivity (Wildman–Crippen MR) is 119 cm³/mol. The molecule has 0 unspecified atom stereocenters. The number of halogens is 3. The van der Waals surface area contributed by atoms with Gasteiger partial charge < -0.3 is 20.3 Å². The second-order valence-electron chi connectivity index (χ2n) is 7.83. The third-order valence-electron chi connectivity index (χ3n) is 5.35. The molecule has 0 aromatic heterocycles. The molecule has 1 aliphatic rings. The third kappa shape index (κ3) is 7.72. The Balaban J connectivity index is 1.48. The Hall–Kier alpha value is -2.78. The van der Waals surface area contributed by atoms with Gasteiger partial charge in [-0.15, -0.1) is 13.2 Å². The fraction of sp³-hybridized carbons (Fsp3) is 0.435. The summed E-state index contributed by atoms with van der Waals surface area (Å²) in [7, 11) is 3.77. The van der Waals surface area contributed by atoms with E-state index in [1.807, 2.05) is 0 Å². The Labute approximate surface area is 187 Å². The van der Waals surface area contributed by atoms with Crippen LogP contribution in [0.1, 0.15) is 16.7 Å². The molecule has 0 spiro atoms. The molecule has 1 fully saturated rings. The largest absolute Gasteiger partial charge is 0.573 e. The van der Waals surface area contributed by atoms with Gasteiger partial charge in [0.1, 0.15) is 5.75 Å². The summed E-state index contributed by atoms with van der Waals surface area (Å²) in [6.07, 6.45) is -4.73. The van der Waals surface area contributed by atoms with Crippen molar-refractivity contribution in [2.45, 2.75) is 26.0 Å². The molecule has 0 atom stereocenters. The lowest BCUT2D eigenvalue weighted by molar-refractivity contribution is -0.274. The SMILES string of the molecule is CN=C(NCc1ccc(CN2CCN(C)CC2)cc1)NCc1ccccc1OC(F)(F)F. The standard InChI is InChI=1S/C23H30F3N5O/c1-27-22(29-16-20-5-3-4-6-21(20)32-23(24,25)26)28-15-18-7-9-19(10-8-18)17-31-13-11-30(2)12-14-31/h3-10H,11-17H2,1-2H3,(H2,27,28,29). The molecule has 1 heterocycles. The Morgan fingerprint density at radius 2 is 1.56 bits per heavy atom. The van der Waals surface area contributed by atoms with Crippen LogP contribution in [0, 0.1) is 0 Å². The number of aliphatic imine (C=N–C) groups is 1. The number of ether oxygens (including phenoxy) is 1. The van der Waals surface area contributed by atoms with E-state index in [9.17, 15) is 13.2 Å². The van der Waals surface area contributed by atoms with Crippen molar-refractivity contribution in [2.24, 2.45) is 4.99 Å². The van der Waals surface area contributed by atoms with Gasteiger partial charge in [0, 0.05) is 58.4 Å². The maximum atomic E-state index is 12.6. The summed E-state index contributed by atoms with van der Waals surface area (Å²) < 4.78 is 41.9. The van der Waals surface area contributed by atoms with Crippen LogP contribution in [0.4, 0.5) is 13.2 Å². The van der Waals surface area contributed by atoms with Gasteiger partial charge in [0.25, 0.3) is 0 Å². The third-order valence-corrected chi connectivity index (χ3v) is 5.35. The number of hydrogen-bond acceptors (Lipinski definition) is 4. The van der Waals surface area contributed by atoms with E-state index in [2.05, 4.69) is 61.5 Å². The molecular weight excluding hydrogens is 419 g/mol. The minimum absolute atomic E-state index is 0.149. The number of hydrogen-bond donors (Lipinski definition) is 2. The number of piperazine rings is 1. The zero-order valence-corrected chi connectivity index (χ0v) is 18.5. The zero-order valence-electron chi connectivity index (χ0n) is 18.5. The van der Waals surface area contributed by atoms with Gasteiger partial charge in [-0.1, -0.05) is 42.5 Å². The fourth-order valence-corrected chi connectivity index (χ4v) is 3.49. The highest BCUT2D eigenvalue weighted by Crippen LogP contribution is 2.26. The Kier molecular flexibility index (Phi) is 8.35. The van der Waals surface area contributed by atoms with E-state index < -0.39 is 6.36 Å². The smallest absolute Gasteiger partial charge is 0.405 e. The average molecular weight is 450 g/mol. The Bertz CT molecular complexity index is 878. The van der Waals surface area contributed by atoms with E-state index in [1.54, 1.807) is 19.2 Å². The summed E-state index contributed by atoms with van der Waals surface area (Å²) >= 11 is 0. The van der Waals surface area contributed by atoms with Crippen molar-refractivity contribution >= 4 is 5.96 Å². The molecule has 2 aromatic rings. The van der Waals surface area contributed by atoms with Crippen molar-refractivity contribution in [1.82, 2.24) is 20.4 Å². The van der Waals surface area contributed by atoms with Crippen molar-refractivity contribution in [3.8, 4) is 5.75 Å². The minimum Gasteiger partial charge on any atom is -0.405 e. The summed E-state index contributed by atoms with van der Waals surface area (Å²) in [4.78, 5) is 8.94.